The van der Waals surface area contributed by atoms with Gasteiger partial charge in [-0.15, -0.1) is 0 Å². The van der Waals surface area contributed by atoms with Crippen LogP contribution in [-0.4, -0.2) is 45.2 Å². The fourth-order valence-electron chi connectivity index (χ4n) is 2.51. The number of hydrogen-bond acceptors (Lipinski definition) is 4. The number of carbonyl (C=O) groups is 1. The molecule has 1 aliphatic rings. The van der Waals surface area contributed by atoms with Crippen molar-refractivity contribution in [2.45, 2.75) is 39.8 Å². The molecule has 6 nitrogen and oxygen atoms in total. The SMILES string of the molecule is CCn1ncnc1CN1CCC(CNC(C)=O)CC1. The molecule has 0 spiro atoms. The smallest absolute Gasteiger partial charge is 0.216 e. The van der Waals surface area contributed by atoms with Crippen molar-refractivity contribution in [1.82, 2.24) is 25.0 Å². The van der Waals surface area contributed by atoms with E-state index >= 15 is 0 Å². The van der Waals surface area contributed by atoms with E-state index in [0.29, 0.717) is 5.92 Å². The number of hydrogen-bond donors (Lipinski definition) is 1. The average Bonchev–Trinajstić information content (AvgIpc) is 2.85. The van der Waals surface area contributed by atoms with Crippen molar-refractivity contribution in [2.24, 2.45) is 5.92 Å². The number of piperidine rings is 1. The first-order valence-corrected chi connectivity index (χ1v) is 7.02. The van der Waals surface area contributed by atoms with Crippen molar-refractivity contribution in [3.63, 3.8) is 0 Å². The van der Waals surface area contributed by atoms with E-state index in [4.69, 9.17) is 0 Å². The Morgan fingerprint density at radius 3 is 2.84 bits per heavy atom. The molecule has 0 atom stereocenters. The highest BCUT2D eigenvalue weighted by molar-refractivity contribution is 5.72. The lowest BCUT2D eigenvalue weighted by molar-refractivity contribution is -0.119. The van der Waals surface area contributed by atoms with Crippen LogP contribution in [0.2, 0.25) is 0 Å². The van der Waals surface area contributed by atoms with Crippen LogP contribution in [0.4, 0.5) is 0 Å². The minimum atomic E-state index is 0.0680. The Balaban J connectivity index is 1.76. The second-order valence-corrected chi connectivity index (χ2v) is 5.15. The molecule has 0 aromatic carbocycles. The number of likely N-dealkylation sites (tertiary alicyclic amines) is 1. The van der Waals surface area contributed by atoms with Gasteiger partial charge >= 0.3 is 0 Å². The van der Waals surface area contributed by atoms with E-state index in [1.54, 1.807) is 13.3 Å². The molecule has 1 aromatic heterocycles. The van der Waals surface area contributed by atoms with Crippen LogP contribution in [0.3, 0.4) is 0 Å². The lowest BCUT2D eigenvalue weighted by Gasteiger charge is -2.31. The molecule has 2 rings (SSSR count). The van der Waals surface area contributed by atoms with Gasteiger partial charge in [-0.25, -0.2) is 9.67 Å². The summed E-state index contributed by atoms with van der Waals surface area (Å²) in [5.74, 6) is 1.73. The number of rotatable bonds is 5. The molecule has 0 aliphatic carbocycles. The highest BCUT2D eigenvalue weighted by Crippen LogP contribution is 2.17. The Kier molecular flexibility index (Phi) is 4.90. The fraction of sp³-hybridized carbons (Fsp3) is 0.769. The summed E-state index contributed by atoms with van der Waals surface area (Å²) < 4.78 is 1.95. The van der Waals surface area contributed by atoms with Crippen LogP contribution in [0.25, 0.3) is 0 Å². The molecule has 2 heterocycles. The second kappa shape index (κ2) is 6.65. The largest absolute Gasteiger partial charge is 0.356 e. The summed E-state index contributed by atoms with van der Waals surface area (Å²) in [6.07, 6.45) is 3.91. The molecule has 1 fully saturated rings. The Morgan fingerprint density at radius 1 is 1.47 bits per heavy atom. The molecule has 1 amide bonds. The number of nitrogens with zero attached hydrogens (tertiary/aromatic N) is 4. The summed E-state index contributed by atoms with van der Waals surface area (Å²) in [6, 6.07) is 0. The molecular formula is C13H23N5O. The number of amides is 1. The van der Waals surface area contributed by atoms with E-state index in [0.717, 1.165) is 51.4 Å². The highest BCUT2D eigenvalue weighted by atomic mass is 16.1. The molecule has 0 unspecified atom stereocenters. The maximum Gasteiger partial charge on any atom is 0.216 e. The summed E-state index contributed by atoms with van der Waals surface area (Å²) in [7, 11) is 0. The third-order valence-corrected chi connectivity index (χ3v) is 3.71. The van der Waals surface area contributed by atoms with Gasteiger partial charge in [0.25, 0.3) is 0 Å². The Bertz CT molecular complexity index is 409. The molecule has 0 bridgehead atoms. The molecule has 0 saturated carbocycles. The Hall–Kier alpha value is -1.43. The lowest BCUT2D eigenvalue weighted by Crippen LogP contribution is -2.38. The molecule has 106 valence electrons. The summed E-state index contributed by atoms with van der Waals surface area (Å²) in [4.78, 5) is 17.6. The minimum absolute atomic E-state index is 0.0680. The van der Waals surface area contributed by atoms with Gasteiger partial charge in [-0.1, -0.05) is 0 Å². The topological polar surface area (TPSA) is 63.1 Å². The van der Waals surface area contributed by atoms with Crippen LogP contribution >= 0.6 is 0 Å². The van der Waals surface area contributed by atoms with Crippen LogP contribution in [0.1, 0.15) is 32.5 Å². The van der Waals surface area contributed by atoms with Gasteiger partial charge in [0.05, 0.1) is 6.54 Å². The highest BCUT2D eigenvalue weighted by Gasteiger charge is 2.20. The van der Waals surface area contributed by atoms with E-state index in [2.05, 4.69) is 27.2 Å². The Labute approximate surface area is 114 Å². The fourth-order valence-corrected chi connectivity index (χ4v) is 2.51. The van der Waals surface area contributed by atoms with Gasteiger partial charge in [0, 0.05) is 20.0 Å². The van der Waals surface area contributed by atoms with E-state index < -0.39 is 0 Å². The zero-order valence-electron chi connectivity index (χ0n) is 11.8. The normalized spacial score (nSPS) is 17.6. The molecule has 1 N–H and O–H groups in total. The van der Waals surface area contributed by atoms with E-state index in [-0.39, 0.29) is 5.91 Å². The minimum Gasteiger partial charge on any atom is -0.356 e. The van der Waals surface area contributed by atoms with Crippen LogP contribution in [0.15, 0.2) is 6.33 Å². The zero-order valence-corrected chi connectivity index (χ0v) is 11.8. The second-order valence-electron chi connectivity index (χ2n) is 5.15. The van der Waals surface area contributed by atoms with E-state index in [9.17, 15) is 4.79 Å². The molecule has 6 heteroatoms. The van der Waals surface area contributed by atoms with Crippen LogP contribution in [0.5, 0.6) is 0 Å². The van der Waals surface area contributed by atoms with Gasteiger partial charge < -0.3 is 5.32 Å². The first kappa shape index (κ1) is 14.0. The number of carbonyl (C=O) groups excluding carboxylic acids is 1. The summed E-state index contributed by atoms with van der Waals surface area (Å²) in [6.45, 7) is 8.36. The lowest BCUT2D eigenvalue weighted by atomic mass is 9.97. The molecule has 19 heavy (non-hydrogen) atoms. The monoisotopic (exact) mass is 265 g/mol. The van der Waals surface area contributed by atoms with Crippen LogP contribution < -0.4 is 5.32 Å². The van der Waals surface area contributed by atoms with Crippen molar-refractivity contribution in [2.75, 3.05) is 19.6 Å². The van der Waals surface area contributed by atoms with Gasteiger partial charge in [-0.05, 0) is 38.8 Å². The van der Waals surface area contributed by atoms with Crippen molar-refractivity contribution in [1.29, 1.82) is 0 Å². The predicted octanol–water partition coefficient (Wildman–Crippen LogP) is 0.646. The van der Waals surface area contributed by atoms with Crippen molar-refractivity contribution >= 4 is 5.91 Å². The van der Waals surface area contributed by atoms with E-state index in [1.807, 2.05) is 4.68 Å². The van der Waals surface area contributed by atoms with Crippen molar-refractivity contribution in [3.05, 3.63) is 12.2 Å². The van der Waals surface area contributed by atoms with Crippen LogP contribution in [0, 0.1) is 5.92 Å². The van der Waals surface area contributed by atoms with Gasteiger partial charge in [0.1, 0.15) is 12.2 Å². The Morgan fingerprint density at radius 2 is 2.21 bits per heavy atom. The third kappa shape index (κ3) is 4.02. The van der Waals surface area contributed by atoms with Gasteiger partial charge in [0.2, 0.25) is 5.91 Å². The van der Waals surface area contributed by atoms with Gasteiger partial charge in [-0.3, -0.25) is 9.69 Å². The zero-order chi connectivity index (χ0) is 13.7. The third-order valence-electron chi connectivity index (χ3n) is 3.71. The predicted molar refractivity (Wildman–Crippen MR) is 72.4 cm³/mol. The maximum absolute atomic E-state index is 10.9. The maximum atomic E-state index is 10.9. The molecule has 1 aromatic rings. The molecule has 1 saturated heterocycles. The van der Waals surface area contributed by atoms with Crippen molar-refractivity contribution in [3.8, 4) is 0 Å². The number of aryl methyl sites for hydroxylation is 1. The average molecular weight is 265 g/mol. The van der Waals surface area contributed by atoms with Gasteiger partial charge in [-0.2, -0.15) is 5.10 Å². The van der Waals surface area contributed by atoms with Gasteiger partial charge in [0.15, 0.2) is 0 Å². The van der Waals surface area contributed by atoms with Crippen LogP contribution in [-0.2, 0) is 17.9 Å². The molecule has 1 aliphatic heterocycles. The standard InChI is InChI=1S/C13H23N5O/c1-3-18-13(15-10-16-18)9-17-6-4-12(5-7-17)8-14-11(2)19/h10,12H,3-9H2,1-2H3,(H,14,19). The first-order valence-electron chi connectivity index (χ1n) is 7.02. The molecular weight excluding hydrogens is 242 g/mol. The van der Waals surface area contributed by atoms with Crippen molar-refractivity contribution < 1.29 is 4.79 Å². The number of aromatic nitrogens is 3. The summed E-state index contributed by atoms with van der Waals surface area (Å²) in [5.41, 5.74) is 0. The molecule has 0 radical (unpaired) electrons. The number of nitrogens with one attached hydrogen (secondary N) is 1. The quantitative estimate of drug-likeness (QED) is 0.849. The first-order chi connectivity index (χ1) is 9.19. The summed E-state index contributed by atoms with van der Waals surface area (Å²) in [5, 5.41) is 7.11. The van der Waals surface area contributed by atoms with E-state index in [1.165, 1.54) is 0 Å². The summed E-state index contributed by atoms with van der Waals surface area (Å²) >= 11 is 0.